The number of amides is 1. The van der Waals surface area contributed by atoms with Crippen LogP contribution in [0.1, 0.15) is 37.8 Å². The molecule has 2 N–H and O–H groups in total. The number of hydrogen-bond donors (Lipinski definition) is 1. The van der Waals surface area contributed by atoms with Crippen LogP contribution in [-0.4, -0.2) is 29.7 Å². The first-order valence-corrected chi connectivity index (χ1v) is 6.60. The number of anilines is 1. The molecule has 1 saturated heterocycles. The van der Waals surface area contributed by atoms with Crippen molar-refractivity contribution < 1.29 is 9.53 Å². The molecule has 0 spiro atoms. The van der Waals surface area contributed by atoms with Crippen molar-refractivity contribution in [3.8, 4) is 0 Å². The second-order valence-corrected chi connectivity index (χ2v) is 6.20. The van der Waals surface area contributed by atoms with Crippen molar-refractivity contribution in [2.75, 3.05) is 18.8 Å². The smallest absolute Gasteiger partial charge is 0.410 e. The fraction of sp³-hybridized carbons (Fsp3) is 0.533. The Morgan fingerprint density at radius 3 is 2.53 bits per heavy atom. The summed E-state index contributed by atoms with van der Waals surface area (Å²) in [7, 11) is 0. The summed E-state index contributed by atoms with van der Waals surface area (Å²) in [4.78, 5) is 13.6. The molecule has 4 nitrogen and oxygen atoms in total. The molecule has 2 rings (SSSR count). The van der Waals surface area contributed by atoms with Gasteiger partial charge in [0.1, 0.15) is 5.60 Å². The van der Waals surface area contributed by atoms with E-state index in [9.17, 15) is 4.79 Å². The Balaban J connectivity index is 1.92. The van der Waals surface area contributed by atoms with Gasteiger partial charge in [-0.15, -0.1) is 0 Å². The maximum atomic E-state index is 11.8. The van der Waals surface area contributed by atoms with Gasteiger partial charge >= 0.3 is 6.09 Å². The van der Waals surface area contributed by atoms with Gasteiger partial charge in [-0.25, -0.2) is 4.79 Å². The number of benzene rings is 1. The molecule has 19 heavy (non-hydrogen) atoms. The van der Waals surface area contributed by atoms with Crippen molar-refractivity contribution in [2.45, 2.75) is 39.2 Å². The van der Waals surface area contributed by atoms with E-state index in [2.05, 4.69) is 6.07 Å². The summed E-state index contributed by atoms with van der Waals surface area (Å²) in [5.41, 5.74) is 8.52. The molecule has 1 aromatic rings. The van der Waals surface area contributed by atoms with Gasteiger partial charge in [0.15, 0.2) is 0 Å². The number of aryl methyl sites for hydroxylation is 1. The van der Waals surface area contributed by atoms with Gasteiger partial charge in [0.05, 0.1) is 0 Å². The Hall–Kier alpha value is -1.71. The van der Waals surface area contributed by atoms with E-state index in [1.165, 1.54) is 5.56 Å². The molecule has 1 amide bonds. The van der Waals surface area contributed by atoms with E-state index in [0.717, 1.165) is 24.3 Å². The molecule has 1 aliphatic rings. The lowest BCUT2D eigenvalue weighted by Gasteiger charge is -2.40. The van der Waals surface area contributed by atoms with Gasteiger partial charge in [-0.2, -0.15) is 0 Å². The van der Waals surface area contributed by atoms with E-state index in [0.29, 0.717) is 5.92 Å². The van der Waals surface area contributed by atoms with Crippen LogP contribution in [0.3, 0.4) is 0 Å². The Morgan fingerprint density at radius 2 is 2.00 bits per heavy atom. The van der Waals surface area contributed by atoms with Crippen molar-refractivity contribution in [3.05, 3.63) is 29.3 Å². The highest BCUT2D eigenvalue weighted by atomic mass is 16.6. The average Bonchev–Trinajstić information content (AvgIpc) is 2.18. The SMILES string of the molecule is Cc1cc(C2CN(C(=O)OC(C)(C)C)C2)ccc1N. The molecular weight excluding hydrogens is 240 g/mol. The summed E-state index contributed by atoms with van der Waals surface area (Å²) in [5, 5.41) is 0. The summed E-state index contributed by atoms with van der Waals surface area (Å²) in [5.74, 6) is 0.395. The maximum Gasteiger partial charge on any atom is 0.410 e. The van der Waals surface area contributed by atoms with E-state index in [4.69, 9.17) is 10.5 Å². The summed E-state index contributed by atoms with van der Waals surface area (Å²) in [6.45, 7) is 9.09. The molecule has 104 valence electrons. The highest BCUT2D eigenvalue weighted by molar-refractivity contribution is 5.69. The maximum absolute atomic E-state index is 11.8. The Kier molecular flexibility index (Phi) is 3.43. The summed E-state index contributed by atoms with van der Waals surface area (Å²) >= 11 is 0. The first kappa shape index (κ1) is 13.7. The highest BCUT2D eigenvalue weighted by Crippen LogP contribution is 2.29. The molecular formula is C15H22N2O2. The van der Waals surface area contributed by atoms with Crippen molar-refractivity contribution in [1.29, 1.82) is 0 Å². The van der Waals surface area contributed by atoms with Crippen LogP contribution in [-0.2, 0) is 4.74 Å². The zero-order valence-electron chi connectivity index (χ0n) is 12.1. The normalized spacial score (nSPS) is 16.1. The standard InChI is InChI=1S/C15H22N2O2/c1-10-7-11(5-6-13(10)16)12-8-17(9-12)14(18)19-15(2,3)4/h5-7,12H,8-9,16H2,1-4H3. The van der Waals surface area contributed by atoms with Gasteiger partial charge in [0, 0.05) is 24.7 Å². The molecule has 0 saturated carbocycles. The number of likely N-dealkylation sites (tertiary alicyclic amines) is 1. The molecule has 4 heteroatoms. The van der Waals surface area contributed by atoms with Gasteiger partial charge < -0.3 is 15.4 Å². The third-order valence-electron chi connectivity index (χ3n) is 3.30. The lowest BCUT2D eigenvalue weighted by Crippen LogP contribution is -2.50. The van der Waals surface area contributed by atoms with Crippen LogP contribution < -0.4 is 5.73 Å². The lowest BCUT2D eigenvalue weighted by atomic mass is 9.90. The van der Waals surface area contributed by atoms with E-state index >= 15 is 0 Å². The number of nitrogens with zero attached hydrogens (tertiary/aromatic N) is 1. The van der Waals surface area contributed by atoms with E-state index in [1.807, 2.05) is 39.8 Å². The fourth-order valence-corrected chi connectivity index (χ4v) is 2.12. The number of ether oxygens (including phenoxy) is 1. The van der Waals surface area contributed by atoms with Crippen LogP contribution in [0.25, 0.3) is 0 Å². The number of rotatable bonds is 1. The topological polar surface area (TPSA) is 55.6 Å². The molecule has 1 fully saturated rings. The van der Waals surface area contributed by atoms with Crippen LogP contribution in [0.4, 0.5) is 10.5 Å². The fourth-order valence-electron chi connectivity index (χ4n) is 2.12. The molecule has 0 bridgehead atoms. The van der Waals surface area contributed by atoms with Crippen LogP contribution >= 0.6 is 0 Å². The van der Waals surface area contributed by atoms with E-state index < -0.39 is 5.60 Å². The van der Waals surface area contributed by atoms with Gasteiger partial charge in [-0.05, 0) is 44.9 Å². The number of nitrogen functional groups attached to an aromatic ring is 1. The minimum absolute atomic E-state index is 0.226. The molecule has 1 aromatic carbocycles. The molecule has 0 aromatic heterocycles. The Morgan fingerprint density at radius 1 is 1.37 bits per heavy atom. The average molecular weight is 262 g/mol. The second-order valence-electron chi connectivity index (χ2n) is 6.20. The van der Waals surface area contributed by atoms with Crippen molar-refractivity contribution in [2.24, 2.45) is 0 Å². The van der Waals surface area contributed by atoms with Crippen LogP contribution in [0.5, 0.6) is 0 Å². The highest BCUT2D eigenvalue weighted by Gasteiger charge is 2.34. The zero-order valence-corrected chi connectivity index (χ0v) is 12.1. The van der Waals surface area contributed by atoms with Crippen molar-refractivity contribution in [3.63, 3.8) is 0 Å². The van der Waals surface area contributed by atoms with Crippen LogP contribution in [0.15, 0.2) is 18.2 Å². The molecule has 1 heterocycles. The molecule has 0 unspecified atom stereocenters. The minimum atomic E-state index is -0.431. The third-order valence-corrected chi connectivity index (χ3v) is 3.30. The van der Waals surface area contributed by atoms with Gasteiger partial charge in [-0.3, -0.25) is 0 Å². The van der Waals surface area contributed by atoms with E-state index in [1.54, 1.807) is 4.90 Å². The molecule has 0 radical (unpaired) electrons. The number of nitrogens with two attached hydrogens (primary N) is 1. The van der Waals surface area contributed by atoms with Crippen LogP contribution in [0.2, 0.25) is 0 Å². The first-order chi connectivity index (χ1) is 8.76. The Bertz CT molecular complexity index is 485. The number of carbonyl (C=O) groups excluding carboxylic acids is 1. The van der Waals surface area contributed by atoms with Gasteiger partial charge in [-0.1, -0.05) is 12.1 Å². The summed E-state index contributed by atoms with van der Waals surface area (Å²) < 4.78 is 5.34. The molecule has 0 atom stereocenters. The minimum Gasteiger partial charge on any atom is -0.444 e. The zero-order chi connectivity index (χ0) is 14.2. The Labute approximate surface area is 114 Å². The monoisotopic (exact) mass is 262 g/mol. The van der Waals surface area contributed by atoms with Gasteiger partial charge in [0.2, 0.25) is 0 Å². The lowest BCUT2D eigenvalue weighted by molar-refractivity contribution is 0.00820. The van der Waals surface area contributed by atoms with Crippen LogP contribution in [0, 0.1) is 6.92 Å². The number of carbonyl (C=O) groups is 1. The second kappa shape index (κ2) is 4.76. The van der Waals surface area contributed by atoms with Gasteiger partial charge in [0.25, 0.3) is 0 Å². The third kappa shape index (κ3) is 3.19. The first-order valence-electron chi connectivity index (χ1n) is 6.60. The quantitative estimate of drug-likeness (QED) is 0.792. The number of hydrogen-bond acceptors (Lipinski definition) is 3. The van der Waals surface area contributed by atoms with E-state index in [-0.39, 0.29) is 6.09 Å². The predicted molar refractivity (Wildman–Crippen MR) is 76.1 cm³/mol. The van der Waals surface area contributed by atoms with Crippen molar-refractivity contribution in [1.82, 2.24) is 4.90 Å². The predicted octanol–water partition coefficient (Wildman–Crippen LogP) is 2.91. The van der Waals surface area contributed by atoms with Crippen molar-refractivity contribution >= 4 is 11.8 Å². The summed E-state index contributed by atoms with van der Waals surface area (Å²) in [6.07, 6.45) is -0.226. The largest absolute Gasteiger partial charge is 0.444 e. The molecule has 1 aliphatic heterocycles. The summed E-state index contributed by atoms with van der Waals surface area (Å²) in [6, 6.07) is 6.08. The molecule has 0 aliphatic carbocycles.